The Morgan fingerprint density at radius 2 is 2.22 bits per heavy atom. The van der Waals surface area contributed by atoms with Gasteiger partial charge in [-0.1, -0.05) is 28.1 Å². The van der Waals surface area contributed by atoms with E-state index in [2.05, 4.69) is 43.5 Å². The molecule has 2 rings (SSSR count). The van der Waals surface area contributed by atoms with E-state index in [0.717, 1.165) is 23.1 Å². The first-order valence-corrected chi connectivity index (χ1v) is 6.64. The van der Waals surface area contributed by atoms with E-state index in [0.29, 0.717) is 12.5 Å². The van der Waals surface area contributed by atoms with Crippen molar-refractivity contribution < 1.29 is 0 Å². The molecule has 1 aromatic carbocycles. The van der Waals surface area contributed by atoms with Crippen LogP contribution in [0.5, 0.6) is 0 Å². The van der Waals surface area contributed by atoms with E-state index in [9.17, 15) is 0 Å². The van der Waals surface area contributed by atoms with Crippen molar-refractivity contribution in [2.45, 2.75) is 12.8 Å². The Morgan fingerprint density at radius 3 is 2.83 bits per heavy atom. The minimum atomic E-state index is 0.337. The number of tetrazole rings is 1. The van der Waals surface area contributed by atoms with Gasteiger partial charge in [-0.15, -0.1) is 10.2 Å². The number of aromatic nitrogens is 4. The Hall–Kier alpha value is -1.27. The Kier molecular flexibility index (Phi) is 4.43. The van der Waals surface area contributed by atoms with Gasteiger partial charge in [-0.25, -0.2) is 0 Å². The minimum absolute atomic E-state index is 0.337. The largest absolute Gasteiger partial charge is 0.330 e. The van der Waals surface area contributed by atoms with Crippen LogP contribution in [0.15, 0.2) is 28.7 Å². The molecule has 0 saturated carbocycles. The summed E-state index contributed by atoms with van der Waals surface area (Å²) in [5.74, 6) is 1.09. The molecule has 0 radical (unpaired) electrons. The SMILES string of the molecule is Cn1nnc(CC(CN)Cc2cccc(Br)c2)n1. The van der Waals surface area contributed by atoms with Crippen LogP contribution in [0.3, 0.4) is 0 Å². The number of rotatable bonds is 5. The summed E-state index contributed by atoms with van der Waals surface area (Å²) in [7, 11) is 1.77. The summed E-state index contributed by atoms with van der Waals surface area (Å²) in [4.78, 5) is 1.47. The molecule has 5 nitrogen and oxygen atoms in total. The maximum absolute atomic E-state index is 5.82. The zero-order valence-corrected chi connectivity index (χ0v) is 11.8. The molecule has 0 aliphatic heterocycles. The predicted octanol–water partition coefficient (Wildman–Crippen LogP) is 1.33. The molecule has 1 atom stereocenters. The van der Waals surface area contributed by atoms with Crippen molar-refractivity contribution in [2.24, 2.45) is 18.7 Å². The van der Waals surface area contributed by atoms with Gasteiger partial charge in [0, 0.05) is 10.9 Å². The molecule has 1 unspecified atom stereocenters. The van der Waals surface area contributed by atoms with Crippen LogP contribution in [0, 0.1) is 5.92 Å². The lowest BCUT2D eigenvalue weighted by molar-refractivity contribution is 0.516. The highest BCUT2D eigenvalue weighted by molar-refractivity contribution is 9.10. The second kappa shape index (κ2) is 6.06. The van der Waals surface area contributed by atoms with Gasteiger partial charge in [0.25, 0.3) is 0 Å². The molecular formula is C12H16BrN5. The van der Waals surface area contributed by atoms with E-state index in [4.69, 9.17) is 5.73 Å². The molecule has 1 heterocycles. The van der Waals surface area contributed by atoms with Crippen LogP contribution in [0.25, 0.3) is 0 Å². The van der Waals surface area contributed by atoms with Crippen molar-refractivity contribution in [1.29, 1.82) is 0 Å². The average molecular weight is 310 g/mol. The second-order valence-corrected chi connectivity index (χ2v) is 5.25. The van der Waals surface area contributed by atoms with Crippen LogP contribution in [0.2, 0.25) is 0 Å². The fourth-order valence-electron chi connectivity index (χ4n) is 1.90. The Morgan fingerprint density at radius 1 is 1.39 bits per heavy atom. The number of nitrogens with zero attached hydrogens (tertiary/aromatic N) is 4. The highest BCUT2D eigenvalue weighted by atomic mass is 79.9. The lowest BCUT2D eigenvalue weighted by Gasteiger charge is -2.12. The maximum atomic E-state index is 5.82. The molecule has 0 saturated heterocycles. The zero-order valence-electron chi connectivity index (χ0n) is 10.3. The Labute approximate surface area is 115 Å². The molecule has 0 fully saturated rings. The topological polar surface area (TPSA) is 69.6 Å². The van der Waals surface area contributed by atoms with Crippen LogP contribution in [-0.4, -0.2) is 26.8 Å². The summed E-state index contributed by atoms with van der Waals surface area (Å²) in [6, 6.07) is 8.28. The lowest BCUT2D eigenvalue weighted by atomic mass is 9.96. The molecule has 6 heteroatoms. The van der Waals surface area contributed by atoms with Gasteiger partial charge in [-0.05, 0) is 41.8 Å². The summed E-state index contributed by atoms with van der Waals surface area (Å²) >= 11 is 3.47. The van der Waals surface area contributed by atoms with Crippen LogP contribution in [0.4, 0.5) is 0 Å². The fraction of sp³-hybridized carbons (Fsp3) is 0.417. The van der Waals surface area contributed by atoms with E-state index in [-0.39, 0.29) is 0 Å². The van der Waals surface area contributed by atoms with Crippen molar-refractivity contribution >= 4 is 15.9 Å². The van der Waals surface area contributed by atoms with E-state index < -0.39 is 0 Å². The van der Waals surface area contributed by atoms with Crippen LogP contribution in [-0.2, 0) is 19.9 Å². The standard InChI is InChI=1S/C12H16BrN5/c1-18-16-12(15-17-18)7-10(8-14)5-9-3-2-4-11(13)6-9/h2-4,6,10H,5,7-8,14H2,1H3. The van der Waals surface area contributed by atoms with Crippen molar-refractivity contribution in [3.63, 3.8) is 0 Å². The molecule has 2 N–H and O–H groups in total. The van der Waals surface area contributed by atoms with Gasteiger partial charge in [0.1, 0.15) is 0 Å². The predicted molar refractivity (Wildman–Crippen MR) is 72.9 cm³/mol. The molecule has 2 aromatic rings. The van der Waals surface area contributed by atoms with E-state index in [1.165, 1.54) is 10.4 Å². The first-order valence-electron chi connectivity index (χ1n) is 5.84. The number of halogens is 1. The number of hydrogen-bond acceptors (Lipinski definition) is 4. The summed E-state index contributed by atoms with van der Waals surface area (Å²) < 4.78 is 1.09. The molecule has 0 aliphatic carbocycles. The van der Waals surface area contributed by atoms with Crippen molar-refractivity contribution in [3.8, 4) is 0 Å². The first-order chi connectivity index (χ1) is 8.67. The van der Waals surface area contributed by atoms with Crippen molar-refractivity contribution in [2.75, 3.05) is 6.54 Å². The second-order valence-electron chi connectivity index (χ2n) is 4.34. The molecule has 0 amide bonds. The van der Waals surface area contributed by atoms with E-state index in [1.54, 1.807) is 7.05 Å². The molecule has 18 heavy (non-hydrogen) atoms. The highest BCUT2D eigenvalue weighted by Crippen LogP contribution is 2.16. The molecule has 1 aromatic heterocycles. The van der Waals surface area contributed by atoms with Gasteiger partial charge in [0.05, 0.1) is 7.05 Å². The van der Waals surface area contributed by atoms with Crippen LogP contribution < -0.4 is 5.73 Å². The number of aryl methyl sites for hydroxylation is 1. The Balaban J connectivity index is 2.01. The third-order valence-corrected chi connectivity index (χ3v) is 3.26. The van der Waals surface area contributed by atoms with Gasteiger partial charge in [-0.2, -0.15) is 4.80 Å². The van der Waals surface area contributed by atoms with Gasteiger partial charge in [0.15, 0.2) is 5.82 Å². The summed E-state index contributed by atoms with van der Waals surface area (Å²) in [6.45, 7) is 0.616. The number of nitrogens with two attached hydrogens (primary N) is 1. The van der Waals surface area contributed by atoms with Gasteiger partial charge >= 0.3 is 0 Å². The molecule has 0 spiro atoms. The van der Waals surface area contributed by atoms with E-state index >= 15 is 0 Å². The molecule has 0 bridgehead atoms. The van der Waals surface area contributed by atoms with Crippen LogP contribution >= 0.6 is 15.9 Å². The van der Waals surface area contributed by atoms with Crippen molar-refractivity contribution in [1.82, 2.24) is 20.2 Å². The van der Waals surface area contributed by atoms with E-state index in [1.807, 2.05) is 12.1 Å². The normalized spacial score (nSPS) is 12.6. The smallest absolute Gasteiger partial charge is 0.175 e. The van der Waals surface area contributed by atoms with Gasteiger partial charge < -0.3 is 5.73 Å². The maximum Gasteiger partial charge on any atom is 0.175 e. The third-order valence-electron chi connectivity index (χ3n) is 2.77. The lowest BCUT2D eigenvalue weighted by Crippen LogP contribution is -2.20. The fourth-order valence-corrected chi connectivity index (χ4v) is 2.35. The minimum Gasteiger partial charge on any atom is -0.330 e. The quantitative estimate of drug-likeness (QED) is 0.904. The summed E-state index contributed by atoms with van der Waals surface area (Å²) in [5.41, 5.74) is 7.09. The zero-order chi connectivity index (χ0) is 13.0. The monoisotopic (exact) mass is 309 g/mol. The number of hydrogen-bond donors (Lipinski definition) is 1. The van der Waals surface area contributed by atoms with Crippen LogP contribution in [0.1, 0.15) is 11.4 Å². The first kappa shape index (κ1) is 13.2. The number of benzene rings is 1. The molecule has 0 aliphatic rings. The third kappa shape index (κ3) is 3.61. The van der Waals surface area contributed by atoms with Gasteiger partial charge in [0.2, 0.25) is 0 Å². The summed E-state index contributed by atoms with van der Waals surface area (Å²) in [5, 5.41) is 12.0. The molecular weight excluding hydrogens is 294 g/mol. The molecule has 96 valence electrons. The average Bonchev–Trinajstić information content (AvgIpc) is 2.74. The van der Waals surface area contributed by atoms with Gasteiger partial charge in [-0.3, -0.25) is 0 Å². The summed E-state index contributed by atoms with van der Waals surface area (Å²) in [6.07, 6.45) is 1.69. The Bertz CT molecular complexity index is 511. The van der Waals surface area contributed by atoms with Crippen molar-refractivity contribution in [3.05, 3.63) is 40.1 Å². The highest BCUT2D eigenvalue weighted by Gasteiger charge is 2.12.